The molecule has 0 atom stereocenters. The van der Waals surface area contributed by atoms with Gasteiger partial charge in [-0.2, -0.15) is 0 Å². The Hall–Kier alpha value is -3.80. The Morgan fingerprint density at radius 2 is 1.53 bits per heavy atom. The molecule has 0 heterocycles. The molecule has 0 aliphatic carbocycles. The van der Waals surface area contributed by atoms with Gasteiger partial charge in [0.1, 0.15) is 11.5 Å². The summed E-state index contributed by atoms with van der Waals surface area (Å²) in [5.41, 5.74) is 1.62. The quantitative estimate of drug-likeness (QED) is 0.521. The molecule has 0 spiro atoms. The summed E-state index contributed by atoms with van der Waals surface area (Å²) in [5, 5.41) is 2.71. The van der Waals surface area contributed by atoms with E-state index in [0.717, 1.165) is 5.56 Å². The largest absolute Gasteiger partial charge is 0.493 e. The maximum Gasteiger partial charge on any atom is 0.309 e. The lowest BCUT2D eigenvalue weighted by atomic mass is 10.2. The molecule has 3 rings (SSSR count). The van der Waals surface area contributed by atoms with Crippen molar-refractivity contribution in [1.82, 2.24) is 0 Å². The second-order valence-corrected chi connectivity index (χ2v) is 6.53. The minimum absolute atomic E-state index is 0.0509. The summed E-state index contributed by atoms with van der Waals surface area (Å²) >= 11 is 0. The Balaban J connectivity index is 1.45. The van der Waals surface area contributed by atoms with Gasteiger partial charge in [-0.15, -0.1) is 0 Å². The molecule has 6 heteroatoms. The third kappa shape index (κ3) is 6.67. The van der Waals surface area contributed by atoms with Gasteiger partial charge in [-0.05, 0) is 43.3 Å². The summed E-state index contributed by atoms with van der Waals surface area (Å²) in [6.45, 7) is 1.79. The molecular formula is C24H23NO5. The summed E-state index contributed by atoms with van der Waals surface area (Å²) in [6, 6.07) is 23.8. The van der Waals surface area contributed by atoms with Gasteiger partial charge in [0.05, 0.1) is 18.7 Å². The summed E-state index contributed by atoms with van der Waals surface area (Å²) in [4.78, 5) is 24.0. The zero-order valence-electron chi connectivity index (χ0n) is 16.7. The van der Waals surface area contributed by atoms with Crippen LogP contribution in [0.15, 0.2) is 78.9 Å². The first-order valence-electron chi connectivity index (χ1n) is 9.57. The van der Waals surface area contributed by atoms with Gasteiger partial charge < -0.3 is 19.5 Å². The number of hydrogen-bond donors (Lipinski definition) is 1. The van der Waals surface area contributed by atoms with E-state index in [-0.39, 0.29) is 19.6 Å². The highest BCUT2D eigenvalue weighted by molar-refractivity contribution is 5.94. The number of ether oxygens (including phenoxy) is 3. The van der Waals surface area contributed by atoms with Crippen molar-refractivity contribution in [2.45, 2.75) is 13.3 Å². The third-order valence-corrected chi connectivity index (χ3v) is 4.09. The first-order chi connectivity index (χ1) is 14.6. The fourth-order valence-electron chi connectivity index (χ4n) is 2.57. The molecule has 0 unspecified atom stereocenters. The molecule has 3 aromatic rings. The van der Waals surface area contributed by atoms with Gasteiger partial charge in [0.2, 0.25) is 0 Å². The van der Waals surface area contributed by atoms with Crippen LogP contribution in [0.25, 0.3) is 0 Å². The Morgan fingerprint density at radius 1 is 0.833 bits per heavy atom. The minimum Gasteiger partial charge on any atom is -0.493 e. The van der Waals surface area contributed by atoms with Gasteiger partial charge in [0.25, 0.3) is 5.91 Å². The van der Waals surface area contributed by atoms with E-state index in [1.807, 2.05) is 55.5 Å². The number of anilines is 1. The van der Waals surface area contributed by atoms with Crippen molar-refractivity contribution < 1.29 is 23.8 Å². The van der Waals surface area contributed by atoms with Crippen molar-refractivity contribution in [3.63, 3.8) is 0 Å². The maximum atomic E-state index is 12.2. The lowest BCUT2D eigenvalue weighted by Gasteiger charge is -2.12. The van der Waals surface area contributed by atoms with Crippen LogP contribution >= 0.6 is 0 Å². The van der Waals surface area contributed by atoms with E-state index in [9.17, 15) is 9.59 Å². The number of benzene rings is 3. The Bertz CT molecular complexity index is 970. The molecule has 0 saturated heterocycles. The molecule has 154 valence electrons. The Kier molecular flexibility index (Phi) is 7.44. The monoisotopic (exact) mass is 405 g/mol. The van der Waals surface area contributed by atoms with Crippen LogP contribution in [-0.4, -0.2) is 25.1 Å². The smallest absolute Gasteiger partial charge is 0.309 e. The summed E-state index contributed by atoms with van der Waals surface area (Å²) in [7, 11) is 0. The molecule has 0 aromatic heterocycles. The van der Waals surface area contributed by atoms with Crippen LogP contribution in [0.2, 0.25) is 0 Å². The molecular weight excluding hydrogens is 382 g/mol. The predicted molar refractivity (Wildman–Crippen MR) is 114 cm³/mol. The molecule has 0 saturated carbocycles. The van der Waals surface area contributed by atoms with Crippen LogP contribution in [0.3, 0.4) is 0 Å². The standard InChI is InChI=1S/C24H23NO5/c1-18-11-13-20(14-12-18)30-22-10-6-5-9-21(22)25-23(26)17-29-24(27)15-16-28-19-7-3-2-4-8-19/h2-14H,15-17H2,1H3,(H,25,26). The SMILES string of the molecule is Cc1ccc(Oc2ccccc2NC(=O)COC(=O)CCOc2ccccc2)cc1. The molecule has 0 aliphatic rings. The van der Waals surface area contributed by atoms with Crippen molar-refractivity contribution in [2.24, 2.45) is 0 Å². The van der Waals surface area contributed by atoms with Crippen molar-refractivity contribution in [1.29, 1.82) is 0 Å². The Morgan fingerprint density at radius 3 is 2.30 bits per heavy atom. The molecule has 30 heavy (non-hydrogen) atoms. The molecule has 6 nitrogen and oxygen atoms in total. The van der Waals surface area contributed by atoms with Crippen LogP contribution in [0.5, 0.6) is 17.2 Å². The van der Waals surface area contributed by atoms with Crippen LogP contribution in [0.1, 0.15) is 12.0 Å². The average Bonchev–Trinajstić information content (AvgIpc) is 2.76. The van der Waals surface area contributed by atoms with E-state index in [0.29, 0.717) is 22.9 Å². The van der Waals surface area contributed by atoms with E-state index in [1.54, 1.807) is 30.3 Å². The Labute approximate surface area is 175 Å². The number of esters is 1. The van der Waals surface area contributed by atoms with E-state index >= 15 is 0 Å². The van der Waals surface area contributed by atoms with Crippen molar-refractivity contribution in [2.75, 3.05) is 18.5 Å². The van der Waals surface area contributed by atoms with E-state index in [1.165, 1.54) is 0 Å². The number of rotatable bonds is 9. The average molecular weight is 405 g/mol. The number of para-hydroxylation sites is 3. The molecule has 0 fully saturated rings. The number of carbonyl (C=O) groups is 2. The van der Waals surface area contributed by atoms with E-state index in [4.69, 9.17) is 14.2 Å². The summed E-state index contributed by atoms with van der Waals surface area (Å²) in [6.07, 6.45) is 0.0509. The molecule has 0 bridgehead atoms. The number of amides is 1. The van der Waals surface area contributed by atoms with Crippen molar-refractivity contribution in [3.05, 3.63) is 84.4 Å². The lowest BCUT2D eigenvalue weighted by molar-refractivity contribution is -0.147. The van der Waals surface area contributed by atoms with E-state index < -0.39 is 11.9 Å². The highest BCUT2D eigenvalue weighted by Crippen LogP contribution is 2.29. The van der Waals surface area contributed by atoms with Gasteiger partial charge in [-0.25, -0.2) is 0 Å². The second-order valence-electron chi connectivity index (χ2n) is 6.53. The zero-order valence-corrected chi connectivity index (χ0v) is 16.7. The lowest BCUT2D eigenvalue weighted by Crippen LogP contribution is -2.21. The van der Waals surface area contributed by atoms with Crippen LogP contribution in [0, 0.1) is 6.92 Å². The maximum absolute atomic E-state index is 12.2. The van der Waals surface area contributed by atoms with Crippen molar-refractivity contribution in [3.8, 4) is 17.2 Å². The topological polar surface area (TPSA) is 73.9 Å². The third-order valence-electron chi connectivity index (χ3n) is 4.09. The molecule has 3 aromatic carbocycles. The number of aryl methyl sites for hydroxylation is 1. The molecule has 1 amide bonds. The van der Waals surface area contributed by atoms with Gasteiger partial charge in [-0.3, -0.25) is 9.59 Å². The zero-order chi connectivity index (χ0) is 21.2. The van der Waals surface area contributed by atoms with Crippen LogP contribution in [-0.2, 0) is 14.3 Å². The molecule has 1 N–H and O–H groups in total. The fraction of sp³-hybridized carbons (Fsp3) is 0.167. The normalized spacial score (nSPS) is 10.2. The van der Waals surface area contributed by atoms with Gasteiger partial charge >= 0.3 is 5.97 Å². The first kappa shape index (κ1) is 20.9. The highest BCUT2D eigenvalue weighted by Gasteiger charge is 2.11. The van der Waals surface area contributed by atoms with Crippen LogP contribution < -0.4 is 14.8 Å². The predicted octanol–water partition coefficient (Wildman–Crippen LogP) is 4.74. The van der Waals surface area contributed by atoms with Gasteiger partial charge in [-0.1, -0.05) is 48.0 Å². The first-order valence-corrected chi connectivity index (χ1v) is 9.57. The van der Waals surface area contributed by atoms with Gasteiger partial charge in [0.15, 0.2) is 12.4 Å². The number of carbonyl (C=O) groups excluding carboxylic acids is 2. The number of nitrogens with one attached hydrogen (secondary N) is 1. The van der Waals surface area contributed by atoms with E-state index in [2.05, 4.69) is 5.32 Å². The summed E-state index contributed by atoms with van der Waals surface area (Å²) in [5.74, 6) is 0.871. The fourth-order valence-corrected chi connectivity index (χ4v) is 2.57. The molecule has 0 aliphatic heterocycles. The van der Waals surface area contributed by atoms with Gasteiger partial charge in [0, 0.05) is 0 Å². The summed E-state index contributed by atoms with van der Waals surface area (Å²) < 4.78 is 16.3. The van der Waals surface area contributed by atoms with Crippen LogP contribution in [0.4, 0.5) is 5.69 Å². The molecule has 0 radical (unpaired) electrons. The second kappa shape index (κ2) is 10.7. The number of hydrogen-bond acceptors (Lipinski definition) is 5. The minimum atomic E-state index is -0.509. The highest BCUT2D eigenvalue weighted by atomic mass is 16.5. The van der Waals surface area contributed by atoms with Crippen molar-refractivity contribution >= 4 is 17.6 Å².